The van der Waals surface area contributed by atoms with Crippen LogP contribution in [0.3, 0.4) is 0 Å². The molecule has 0 radical (unpaired) electrons. The lowest BCUT2D eigenvalue weighted by atomic mass is 10.2. The van der Waals surface area contributed by atoms with E-state index in [1.54, 1.807) is 24.5 Å². The SMILES string of the molecule is O=S(=O)(c1ccc(N2C=CNC2)cc1)c1ccc(Cl)c(C(F)(F)F)c1. The molecular weight excluding hydrogens is 377 g/mol. The molecule has 0 spiro atoms. The Hall–Kier alpha value is -2.19. The minimum atomic E-state index is -4.73. The van der Waals surface area contributed by atoms with Crippen molar-refractivity contribution in [2.75, 3.05) is 11.6 Å². The van der Waals surface area contributed by atoms with Crippen LogP contribution in [0.1, 0.15) is 5.56 Å². The van der Waals surface area contributed by atoms with Crippen LogP contribution in [0.25, 0.3) is 0 Å². The van der Waals surface area contributed by atoms with E-state index in [1.807, 2.05) is 4.90 Å². The van der Waals surface area contributed by atoms with Crippen molar-refractivity contribution < 1.29 is 21.6 Å². The number of halogens is 4. The molecule has 0 atom stereocenters. The van der Waals surface area contributed by atoms with Gasteiger partial charge in [0, 0.05) is 18.1 Å². The predicted molar refractivity (Wildman–Crippen MR) is 88.0 cm³/mol. The van der Waals surface area contributed by atoms with Gasteiger partial charge in [0.2, 0.25) is 9.84 Å². The van der Waals surface area contributed by atoms with Crippen LogP contribution in [-0.2, 0) is 16.0 Å². The fourth-order valence-electron chi connectivity index (χ4n) is 2.37. The highest BCUT2D eigenvalue weighted by Gasteiger charge is 2.34. The van der Waals surface area contributed by atoms with Crippen LogP contribution in [0, 0.1) is 0 Å². The normalized spacial score (nSPS) is 14.6. The van der Waals surface area contributed by atoms with Crippen molar-refractivity contribution in [3.8, 4) is 0 Å². The molecule has 3 rings (SSSR count). The minimum absolute atomic E-state index is 0.0946. The van der Waals surface area contributed by atoms with Crippen LogP contribution in [0.5, 0.6) is 0 Å². The van der Waals surface area contributed by atoms with Crippen LogP contribution in [0.4, 0.5) is 18.9 Å². The van der Waals surface area contributed by atoms with E-state index in [4.69, 9.17) is 11.6 Å². The Morgan fingerprint density at radius 1 is 1.04 bits per heavy atom. The van der Waals surface area contributed by atoms with E-state index in [-0.39, 0.29) is 4.90 Å². The number of hydrogen-bond donors (Lipinski definition) is 1. The van der Waals surface area contributed by atoms with Crippen LogP contribution >= 0.6 is 11.6 Å². The Morgan fingerprint density at radius 2 is 1.68 bits per heavy atom. The van der Waals surface area contributed by atoms with Crippen molar-refractivity contribution >= 4 is 27.1 Å². The summed E-state index contributed by atoms with van der Waals surface area (Å²) < 4.78 is 64.1. The van der Waals surface area contributed by atoms with Gasteiger partial charge in [-0.15, -0.1) is 0 Å². The lowest BCUT2D eigenvalue weighted by Gasteiger charge is -2.15. The molecule has 1 aliphatic heterocycles. The number of anilines is 1. The third-order valence-electron chi connectivity index (χ3n) is 3.67. The maximum atomic E-state index is 12.9. The first-order valence-electron chi connectivity index (χ1n) is 7.08. The first kappa shape index (κ1) is 17.6. The van der Waals surface area contributed by atoms with Gasteiger partial charge in [-0.2, -0.15) is 13.2 Å². The highest BCUT2D eigenvalue weighted by Crippen LogP contribution is 2.37. The molecule has 0 saturated carbocycles. The summed E-state index contributed by atoms with van der Waals surface area (Å²) in [6, 6.07) is 8.45. The molecule has 0 aromatic heterocycles. The summed E-state index contributed by atoms with van der Waals surface area (Å²) in [7, 11) is -4.09. The number of hydrogen-bond acceptors (Lipinski definition) is 4. The molecular formula is C16H12ClF3N2O2S. The molecule has 0 unspecified atom stereocenters. The number of rotatable bonds is 3. The molecule has 0 saturated heterocycles. The maximum absolute atomic E-state index is 12.9. The van der Waals surface area contributed by atoms with Crippen molar-refractivity contribution in [3.63, 3.8) is 0 Å². The second kappa shape index (κ2) is 6.27. The highest BCUT2D eigenvalue weighted by molar-refractivity contribution is 7.91. The van der Waals surface area contributed by atoms with Gasteiger partial charge in [0.05, 0.1) is 27.0 Å². The summed E-state index contributed by atoms with van der Waals surface area (Å²) in [5.41, 5.74) is -0.424. The average Bonchev–Trinajstić information content (AvgIpc) is 3.08. The summed E-state index contributed by atoms with van der Waals surface area (Å²) in [6.07, 6.45) is -1.20. The molecule has 0 amide bonds. The zero-order valence-corrected chi connectivity index (χ0v) is 14.2. The predicted octanol–water partition coefficient (Wildman–Crippen LogP) is 4.03. The van der Waals surface area contributed by atoms with E-state index in [0.29, 0.717) is 12.7 Å². The van der Waals surface area contributed by atoms with Gasteiger partial charge in [-0.05, 0) is 42.5 Å². The summed E-state index contributed by atoms with van der Waals surface area (Å²) >= 11 is 5.54. The van der Waals surface area contributed by atoms with E-state index in [9.17, 15) is 21.6 Å². The van der Waals surface area contributed by atoms with E-state index in [1.165, 1.54) is 12.1 Å². The molecule has 25 heavy (non-hydrogen) atoms. The van der Waals surface area contributed by atoms with Crippen LogP contribution in [0.2, 0.25) is 5.02 Å². The van der Waals surface area contributed by atoms with E-state index in [2.05, 4.69) is 5.32 Å². The van der Waals surface area contributed by atoms with Gasteiger partial charge in [-0.25, -0.2) is 8.42 Å². The Bertz CT molecular complexity index is 925. The van der Waals surface area contributed by atoms with Crippen LogP contribution in [-0.4, -0.2) is 15.1 Å². The summed E-state index contributed by atoms with van der Waals surface area (Å²) in [5, 5.41) is 2.43. The van der Waals surface area contributed by atoms with Gasteiger partial charge in [-0.3, -0.25) is 0 Å². The number of benzene rings is 2. The first-order valence-corrected chi connectivity index (χ1v) is 8.94. The monoisotopic (exact) mass is 388 g/mol. The van der Waals surface area contributed by atoms with E-state index >= 15 is 0 Å². The quantitative estimate of drug-likeness (QED) is 0.862. The second-order valence-corrected chi connectivity index (χ2v) is 7.64. The Labute approximate surface area is 147 Å². The Kier molecular flexibility index (Phi) is 4.42. The van der Waals surface area contributed by atoms with Crippen LogP contribution < -0.4 is 10.2 Å². The lowest BCUT2D eigenvalue weighted by Crippen LogP contribution is -2.19. The van der Waals surface area contributed by atoms with E-state index in [0.717, 1.165) is 17.8 Å². The first-order chi connectivity index (χ1) is 11.7. The standard InChI is InChI=1S/C16H12ClF3N2O2S/c17-15-6-5-13(9-14(15)16(18,19)20)25(23,24)12-3-1-11(2-4-12)22-8-7-21-10-22/h1-9,21H,10H2. The third kappa shape index (κ3) is 3.45. The lowest BCUT2D eigenvalue weighted by molar-refractivity contribution is -0.137. The van der Waals surface area contributed by atoms with Crippen molar-refractivity contribution in [2.45, 2.75) is 16.0 Å². The van der Waals surface area contributed by atoms with Gasteiger partial charge >= 0.3 is 6.18 Å². The van der Waals surface area contributed by atoms with Crippen molar-refractivity contribution in [2.24, 2.45) is 0 Å². The molecule has 4 nitrogen and oxygen atoms in total. The second-order valence-electron chi connectivity index (χ2n) is 5.28. The largest absolute Gasteiger partial charge is 0.417 e. The number of nitrogens with zero attached hydrogens (tertiary/aromatic N) is 1. The number of alkyl halides is 3. The molecule has 2 aromatic rings. The molecule has 9 heteroatoms. The van der Waals surface area contributed by atoms with E-state index < -0.39 is 31.5 Å². The number of nitrogens with one attached hydrogen (secondary N) is 1. The topological polar surface area (TPSA) is 49.4 Å². The number of sulfone groups is 1. The van der Waals surface area contributed by atoms with Crippen molar-refractivity contribution in [1.82, 2.24) is 5.32 Å². The van der Waals surface area contributed by atoms with Crippen LogP contribution in [0.15, 0.2) is 64.7 Å². The zero-order valence-electron chi connectivity index (χ0n) is 12.6. The summed E-state index contributed by atoms with van der Waals surface area (Å²) in [6.45, 7) is 0.554. The minimum Gasteiger partial charge on any atom is -0.372 e. The zero-order chi connectivity index (χ0) is 18.2. The summed E-state index contributed by atoms with van der Waals surface area (Å²) in [4.78, 5) is 1.29. The molecule has 1 aliphatic rings. The van der Waals surface area contributed by atoms with Gasteiger partial charge < -0.3 is 10.2 Å². The average molecular weight is 389 g/mol. The maximum Gasteiger partial charge on any atom is 0.417 e. The highest BCUT2D eigenvalue weighted by atomic mass is 35.5. The van der Waals surface area contributed by atoms with Gasteiger partial charge in [-0.1, -0.05) is 11.6 Å². The van der Waals surface area contributed by atoms with Gasteiger partial charge in [0.25, 0.3) is 0 Å². The van der Waals surface area contributed by atoms with Gasteiger partial charge in [0.1, 0.15) is 0 Å². The molecule has 2 aromatic carbocycles. The molecule has 0 bridgehead atoms. The summed E-state index contributed by atoms with van der Waals surface area (Å²) in [5.74, 6) is 0. The smallest absolute Gasteiger partial charge is 0.372 e. The van der Waals surface area contributed by atoms with Crippen molar-refractivity contribution in [1.29, 1.82) is 0 Å². The van der Waals surface area contributed by atoms with Gasteiger partial charge in [0.15, 0.2) is 0 Å². The molecule has 0 fully saturated rings. The molecule has 1 heterocycles. The van der Waals surface area contributed by atoms with Crippen molar-refractivity contribution in [3.05, 3.63) is 65.5 Å². The fraction of sp³-hybridized carbons (Fsp3) is 0.125. The fourth-order valence-corrected chi connectivity index (χ4v) is 3.88. The third-order valence-corrected chi connectivity index (χ3v) is 5.76. The Balaban J connectivity index is 1.98. The Morgan fingerprint density at radius 3 is 2.24 bits per heavy atom. The molecule has 1 N–H and O–H groups in total. The molecule has 0 aliphatic carbocycles. The molecule has 132 valence electrons.